The molecule has 1 heterocycles. The number of nitrogens with one attached hydrogen (secondary N) is 2. The van der Waals surface area contributed by atoms with Gasteiger partial charge in [-0.2, -0.15) is 0 Å². The molecule has 0 aliphatic heterocycles. The average Bonchev–Trinajstić information content (AvgIpc) is 2.28. The highest BCUT2D eigenvalue weighted by Gasteiger charge is 2.27. The second kappa shape index (κ2) is 4.82. The van der Waals surface area contributed by atoms with Crippen LogP contribution in [-0.2, 0) is 4.79 Å². The van der Waals surface area contributed by atoms with Crippen LogP contribution in [0, 0.1) is 0 Å². The lowest BCUT2D eigenvalue weighted by Crippen LogP contribution is -2.53. The maximum atomic E-state index is 11.8. The van der Waals surface area contributed by atoms with Crippen molar-refractivity contribution in [2.24, 2.45) is 5.73 Å². The Morgan fingerprint density at radius 2 is 2.00 bits per heavy atom. The Morgan fingerprint density at radius 3 is 2.41 bits per heavy atom. The van der Waals surface area contributed by atoms with E-state index in [1.807, 2.05) is 0 Å². The minimum absolute atomic E-state index is 0.235. The van der Waals surface area contributed by atoms with Crippen LogP contribution in [-0.4, -0.2) is 29.4 Å². The van der Waals surface area contributed by atoms with E-state index in [0.717, 1.165) is 5.69 Å². The molecule has 0 saturated heterocycles. The summed E-state index contributed by atoms with van der Waals surface area (Å²) in [7, 11) is 1.76. The van der Waals surface area contributed by atoms with Crippen molar-refractivity contribution in [2.45, 2.75) is 19.4 Å². The van der Waals surface area contributed by atoms with Crippen LogP contribution in [0.15, 0.2) is 18.3 Å². The molecule has 0 aliphatic carbocycles. The Kier molecular flexibility index (Phi) is 3.67. The number of hydrogen-bond donors (Lipinski definition) is 3. The average molecular weight is 236 g/mol. The van der Waals surface area contributed by atoms with E-state index in [2.05, 4.69) is 15.6 Å². The van der Waals surface area contributed by atoms with E-state index in [1.165, 1.54) is 20.0 Å². The quantitative estimate of drug-likeness (QED) is 0.691. The fourth-order valence-corrected chi connectivity index (χ4v) is 1.09. The number of primary amides is 1. The Morgan fingerprint density at radius 1 is 1.35 bits per heavy atom. The fraction of sp³-hybridized carbons (Fsp3) is 0.364. The smallest absolute Gasteiger partial charge is 0.270 e. The summed E-state index contributed by atoms with van der Waals surface area (Å²) in [5, 5.41) is 5.40. The Hall–Kier alpha value is -2.11. The molecule has 0 aliphatic rings. The van der Waals surface area contributed by atoms with Crippen LogP contribution >= 0.6 is 0 Å². The molecule has 0 bridgehead atoms. The molecule has 2 amide bonds. The van der Waals surface area contributed by atoms with Gasteiger partial charge in [-0.3, -0.25) is 9.59 Å². The van der Waals surface area contributed by atoms with Crippen LogP contribution in [0.5, 0.6) is 0 Å². The van der Waals surface area contributed by atoms with Crippen molar-refractivity contribution in [1.29, 1.82) is 0 Å². The van der Waals surface area contributed by atoms with E-state index in [0.29, 0.717) is 0 Å². The van der Waals surface area contributed by atoms with Gasteiger partial charge in [0.05, 0.1) is 11.9 Å². The van der Waals surface area contributed by atoms with Crippen molar-refractivity contribution in [2.75, 3.05) is 12.4 Å². The van der Waals surface area contributed by atoms with Crippen molar-refractivity contribution >= 4 is 17.5 Å². The molecule has 0 aromatic carbocycles. The van der Waals surface area contributed by atoms with Crippen molar-refractivity contribution in [3.8, 4) is 0 Å². The first-order valence-electron chi connectivity index (χ1n) is 5.13. The van der Waals surface area contributed by atoms with Gasteiger partial charge in [-0.25, -0.2) is 4.98 Å². The molecule has 0 spiro atoms. The fourth-order valence-electron chi connectivity index (χ4n) is 1.09. The van der Waals surface area contributed by atoms with Crippen LogP contribution in [0.25, 0.3) is 0 Å². The number of anilines is 1. The Balaban J connectivity index is 2.80. The SMILES string of the molecule is CNc1ccc(C(=O)NC(C)(C)C(N)=O)nc1. The summed E-state index contributed by atoms with van der Waals surface area (Å²) in [6.07, 6.45) is 1.53. The van der Waals surface area contributed by atoms with Crippen molar-refractivity contribution in [3.05, 3.63) is 24.0 Å². The molecule has 1 aromatic rings. The molecule has 1 rings (SSSR count). The van der Waals surface area contributed by atoms with E-state index < -0.39 is 17.4 Å². The van der Waals surface area contributed by atoms with E-state index in [1.54, 1.807) is 19.2 Å². The van der Waals surface area contributed by atoms with Gasteiger partial charge >= 0.3 is 0 Å². The van der Waals surface area contributed by atoms with Gasteiger partial charge in [-0.15, -0.1) is 0 Å². The third kappa shape index (κ3) is 3.17. The predicted octanol–water partition coefficient (Wildman–Crippen LogP) is 0.117. The van der Waals surface area contributed by atoms with Gasteiger partial charge in [0.25, 0.3) is 5.91 Å². The van der Waals surface area contributed by atoms with Gasteiger partial charge in [-0.1, -0.05) is 0 Å². The van der Waals surface area contributed by atoms with Crippen LogP contribution in [0.3, 0.4) is 0 Å². The minimum atomic E-state index is -1.10. The highest BCUT2D eigenvalue weighted by Crippen LogP contribution is 2.07. The maximum Gasteiger partial charge on any atom is 0.270 e. The summed E-state index contributed by atoms with van der Waals surface area (Å²) in [5.74, 6) is -1.03. The zero-order chi connectivity index (χ0) is 13.1. The van der Waals surface area contributed by atoms with Crippen LogP contribution < -0.4 is 16.4 Å². The highest BCUT2D eigenvalue weighted by atomic mass is 16.2. The highest BCUT2D eigenvalue weighted by molar-refractivity contribution is 5.97. The number of carbonyl (C=O) groups excluding carboxylic acids is 2. The molecule has 6 nitrogen and oxygen atoms in total. The van der Waals surface area contributed by atoms with Crippen LogP contribution in [0.2, 0.25) is 0 Å². The number of nitrogens with zero attached hydrogens (tertiary/aromatic N) is 1. The summed E-state index contributed by atoms with van der Waals surface area (Å²) in [6, 6.07) is 3.29. The summed E-state index contributed by atoms with van der Waals surface area (Å²) >= 11 is 0. The number of hydrogen-bond acceptors (Lipinski definition) is 4. The first-order valence-corrected chi connectivity index (χ1v) is 5.13. The second-order valence-electron chi connectivity index (χ2n) is 4.13. The number of amides is 2. The van der Waals surface area contributed by atoms with Gasteiger partial charge in [0.2, 0.25) is 5.91 Å². The zero-order valence-corrected chi connectivity index (χ0v) is 10.1. The summed E-state index contributed by atoms with van der Waals surface area (Å²) in [4.78, 5) is 26.8. The normalized spacial score (nSPS) is 10.8. The van der Waals surface area contributed by atoms with Crippen LogP contribution in [0.1, 0.15) is 24.3 Å². The topological polar surface area (TPSA) is 97.1 Å². The minimum Gasteiger partial charge on any atom is -0.387 e. The number of aromatic nitrogens is 1. The molecule has 0 atom stereocenters. The van der Waals surface area contributed by atoms with Crippen molar-refractivity contribution < 1.29 is 9.59 Å². The third-order valence-electron chi connectivity index (χ3n) is 2.33. The molecule has 0 radical (unpaired) electrons. The van der Waals surface area contributed by atoms with Gasteiger partial charge in [0.1, 0.15) is 11.2 Å². The molecular weight excluding hydrogens is 220 g/mol. The molecule has 17 heavy (non-hydrogen) atoms. The largest absolute Gasteiger partial charge is 0.387 e. The van der Waals surface area contributed by atoms with Crippen molar-refractivity contribution in [1.82, 2.24) is 10.3 Å². The van der Waals surface area contributed by atoms with E-state index in [4.69, 9.17) is 5.73 Å². The van der Waals surface area contributed by atoms with Gasteiger partial charge in [0, 0.05) is 7.05 Å². The second-order valence-corrected chi connectivity index (χ2v) is 4.13. The first-order chi connectivity index (χ1) is 7.86. The number of carbonyl (C=O) groups is 2. The standard InChI is InChI=1S/C11H16N4O2/c1-11(2,10(12)17)15-9(16)8-5-4-7(13-3)6-14-8/h4-6,13H,1-3H3,(H2,12,17)(H,15,16). The Labute approximate surface area is 99.6 Å². The summed E-state index contributed by atoms with van der Waals surface area (Å²) in [5.41, 5.74) is 5.10. The number of pyridine rings is 1. The summed E-state index contributed by atoms with van der Waals surface area (Å²) in [6.45, 7) is 3.07. The molecule has 92 valence electrons. The lowest BCUT2D eigenvalue weighted by Gasteiger charge is -2.21. The molecular formula is C11H16N4O2. The van der Waals surface area contributed by atoms with Gasteiger partial charge in [0.15, 0.2) is 0 Å². The monoisotopic (exact) mass is 236 g/mol. The molecule has 4 N–H and O–H groups in total. The van der Waals surface area contributed by atoms with Gasteiger partial charge < -0.3 is 16.4 Å². The summed E-state index contributed by atoms with van der Waals surface area (Å²) < 4.78 is 0. The molecule has 0 fully saturated rings. The molecule has 0 unspecified atom stereocenters. The molecule has 6 heteroatoms. The molecule has 1 aromatic heterocycles. The Bertz CT molecular complexity index is 426. The predicted molar refractivity (Wildman–Crippen MR) is 64.5 cm³/mol. The maximum absolute atomic E-state index is 11.8. The third-order valence-corrected chi connectivity index (χ3v) is 2.33. The van der Waals surface area contributed by atoms with E-state index >= 15 is 0 Å². The lowest BCUT2D eigenvalue weighted by molar-refractivity contribution is -0.122. The van der Waals surface area contributed by atoms with E-state index in [-0.39, 0.29) is 5.69 Å². The zero-order valence-electron chi connectivity index (χ0n) is 10.1. The van der Waals surface area contributed by atoms with Gasteiger partial charge in [-0.05, 0) is 26.0 Å². The molecule has 0 saturated carbocycles. The number of nitrogens with two attached hydrogens (primary N) is 1. The number of rotatable bonds is 4. The first kappa shape index (κ1) is 13.0. The van der Waals surface area contributed by atoms with E-state index in [9.17, 15) is 9.59 Å². The van der Waals surface area contributed by atoms with Crippen LogP contribution in [0.4, 0.5) is 5.69 Å². The van der Waals surface area contributed by atoms with Crippen molar-refractivity contribution in [3.63, 3.8) is 0 Å². The lowest BCUT2D eigenvalue weighted by atomic mass is 10.1.